The van der Waals surface area contributed by atoms with E-state index in [1.807, 2.05) is 12.3 Å². The molecule has 0 unspecified atom stereocenters. The summed E-state index contributed by atoms with van der Waals surface area (Å²) >= 11 is 0. The first-order chi connectivity index (χ1) is 8.69. The van der Waals surface area contributed by atoms with Crippen LogP contribution >= 0.6 is 0 Å². The molecular weight excluding hydrogens is 222 g/mol. The summed E-state index contributed by atoms with van der Waals surface area (Å²) in [5.41, 5.74) is 2.53. The zero-order chi connectivity index (χ0) is 13.4. The largest absolute Gasteiger partial charge is 0.313 e. The van der Waals surface area contributed by atoms with E-state index in [2.05, 4.69) is 49.0 Å². The van der Waals surface area contributed by atoms with Gasteiger partial charge in [0.15, 0.2) is 0 Å². The normalized spacial score (nSPS) is 11.4. The van der Waals surface area contributed by atoms with Gasteiger partial charge in [-0.25, -0.2) is 0 Å². The monoisotopic (exact) mass is 249 g/mol. The molecule has 1 aromatic heterocycles. The van der Waals surface area contributed by atoms with Crippen molar-refractivity contribution in [2.24, 2.45) is 0 Å². The van der Waals surface area contributed by atoms with Crippen LogP contribution in [0.15, 0.2) is 18.3 Å². The lowest BCUT2D eigenvalue weighted by Crippen LogP contribution is -2.32. The maximum absolute atomic E-state index is 4.55. The van der Waals surface area contributed by atoms with Crippen molar-refractivity contribution in [3.05, 3.63) is 29.6 Å². The molecule has 1 heterocycles. The van der Waals surface area contributed by atoms with E-state index in [9.17, 15) is 0 Å². The van der Waals surface area contributed by atoms with Crippen molar-refractivity contribution in [2.75, 3.05) is 13.1 Å². The van der Waals surface area contributed by atoms with Crippen LogP contribution in [0.2, 0.25) is 0 Å². The van der Waals surface area contributed by atoms with Crippen LogP contribution in [0.5, 0.6) is 0 Å². The van der Waals surface area contributed by atoms with E-state index >= 15 is 0 Å². The Kier molecular flexibility index (Phi) is 6.91. The van der Waals surface area contributed by atoms with Crippen LogP contribution in [0.1, 0.15) is 45.4 Å². The Bertz CT molecular complexity index is 336. The van der Waals surface area contributed by atoms with E-state index in [-0.39, 0.29) is 0 Å². The predicted octanol–water partition coefficient (Wildman–Crippen LogP) is 2.81. The maximum Gasteiger partial charge on any atom is 0.0588 e. The summed E-state index contributed by atoms with van der Waals surface area (Å²) in [6, 6.07) is 4.77. The topological polar surface area (TPSA) is 28.2 Å². The maximum atomic E-state index is 4.55. The third-order valence-corrected chi connectivity index (χ3v) is 3.14. The van der Waals surface area contributed by atoms with Gasteiger partial charge in [0.05, 0.1) is 5.69 Å². The summed E-state index contributed by atoms with van der Waals surface area (Å²) in [6.45, 7) is 12.9. The molecule has 18 heavy (non-hydrogen) atoms. The predicted molar refractivity (Wildman–Crippen MR) is 77.5 cm³/mol. The average molecular weight is 249 g/mol. The van der Waals surface area contributed by atoms with Crippen molar-refractivity contribution in [2.45, 2.75) is 53.2 Å². The molecule has 0 fully saturated rings. The smallest absolute Gasteiger partial charge is 0.0588 e. The molecule has 1 N–H and O–H groups in total. The summed E-state index contributed by atoms with van der Waals surface area (Å²) in [5, 5.41) is 3.38. The molecular formula is C15H27N3. The molecule has 102 valence electrons. The average Bonchev–Trinajstić information content (AvgIpc) is 2.37. The first-order valence-corrected chi connectivity index (χ1v) is 7.06. The fraction of sp³-hybridized carbons (Fsp3) is 0.667. The highest BCUT2D eigenvalue weighted by molar-refractivity contribution is 5.19. The lowest BCUT2D eigenvalue weighted by molar-refractivity contribution is 0.210. The summed E-state index contributed by atoms with van der Waals surface area (Å²) in [4.78, 5) is 7.04. The first kappa shape index (κ1) is 15.1. The Morgan fingerprint density at radius 3 is 2.72 bits per heavy atom. The molecule has 3 nitrogen and oxygen atoms in total. The van der Waals surface area contributed by atoms with Crippen LogP contribution in [0, 0.1) is 0 Å². The second kappa shape index (κ2) is 8.22. The fourth-order valence-corrected chi connectivity index (χ4v) is 2.03. The minimum absolute atomic E-state index is 0.568. The van der Waals surface area contributed by atoms with Crippen molar-refractivity contribution < 1.29 is 0 Å². The van der Waals surface area contributed by atoms with Gasteiger partial charge in [-0.15, -0.1) is 0 Å². The molecule has 0 radical (unpaired) electrons. The van der Waals surface area contributed by atoms with Gasteiger partial charge < -0.3 is 5.32 Å². The standard InChI is InChI=1S/C15H27N3/c1-5-10-18(13(3)4)12-15-14(11-16-6-2)8-7-9-17-15/h7-9,13,16H,5-6,10-12H2,1-4H3. The van der Waals surface area contributed by atoms with Gasteiger partial charge >= 0.3 is 0 Å². The minimum Gasteiger partial charge on any atom is -0.313 e. The molecule has 0 aliphatic carbocycles. The van der Waals surface area contributed by atoms with E-state index in [0.29, 0.717) is 6.04 Å². The Hall–Kier alpha value is -0.930. The first-order valence-electron chi connectivity index (χ1n) is 7.06. The van der Waals surface area contributed by atoms with Crippen LogP contribution in [0.25, 0.3) is 0 Å². The highest BCUT2D eigenvalue weighted by atomic mass is 15.1. The quantitative estimate of drug-likeness (QED) is 0.768. The van der Waals surface area contributed by atoms with Crippen molar-refractivity contribution in [1.29, 1.82) is 0 Å². The van der Waals surface area contributed by atoms with Crippen LogP contribution < -0.4 is 5.32 Å². The molecule has 1 rings (SSSR count). The molecule has 0 spiro atoms. The van der Waals surface area contributed by atoms with Gasteiger partial charge in [0, 0.05) is 25.3 Å². The number of hydrogen-bond donors (Lipinski definition) is 1. The van der Waals surface area contributed by atoms with Gasteiger partial charge in [0.25, 0.3) is 0 Å². The second-order valence-electron chi connectivity index (χ2n) is 4.95. The number of nitrogens with zero attached hydrogens (tertiary/aromatic N) is 2. The molecule has 0 saturated heterocycles. The SMILES string of the molecule is CCCN(Cc1ncccc1CNCC)C(C)C. The highest BCUT2D eigenvalue weighted by Crippen LogP contribution is 2.11. The number of nitrogens with one attached hydrogen (secondary N) is 1. The fourth-order valence-electron chi connectivity index (χ4n) is 2.03. The van der Waals surface area contributed by atoms with Gasteiger partial charge in [-0.3, -0.25) is 9.88 Å². The van der Waals surface area contributed by atoms with Crippen molar-refractivity contribution in [1.82, 2.24) is 15.2 Å². The molecule has 0 amide bonds. The molecule has 0 saturated carbocycles. The van der Waals surface area contributed by atoms with Gasteiger partial charge in [0.1, 0.15) is 0 Å². The zero-order valence-corrected chi connectivity index (χ0v) is 12.2. The number of rotatable bonds is 8. The molecule has 0 aliphatic rings. The van der Waals surface area contributed by atoms with E-state index in [1.165, 1.54) is 17.7 Å². The third kappa shape index (κ3) is 4.75. The minimum atomic E-state index is 0.568. The van der Waals surface area contributed by atoms with Crippen LogP contribution in [0.3, 0.4) is 0 Å². The Morgan fingerprint density at radius 2 is 2.11 bits per heavy atom. The third-order valence-electron chi connectivity index (χ3n) is 3.14. The Labute approximate surface area is 112 Å². The van der Waals surface area contributed by atoms with Gasteiger partial charge in [-0.1, -0.05) is 19.9 Å². The summed E-state index contributed by atoms with van der Waals surface area (Å²) in [7, 11) is 0. The second-order valence-corrected chi connectivity index (χ2v) is 4.95. The van der Waals surface area contributed by atoms with Gasteiger partial charge in [0.2, 0.25) is 0 Å². The van der Waals surface area contributed by atoms with Crippen LogP contribution in [-0.2, 0) is 13.1 Å². The molecule has 0 aromatic carbocycles. The molecule has 0 aliphatic heterocycles. The zero-order valence-electron chi connectivity index (χ0n) is 12.2. The molecule has 1 aromatic rings. The van der Waals surface area contributed by atoms with Gasteiger partial charge in [-0.05, 0) is 45.0 Å². The Balaban J connectivity index is 2.74. The van der Waals surface area contributed by atoms with Crippen molar-refractivity contribution in [3.63, 3.8) is 0 Å². The van der Waals surface area contributed by atoms with Crippen LogP contribution in [0.4, 0.5) is 0 Å². The van der Waals surface area contributed by atoms with E-state index in [4.69, 9.17) is 0 Å². The number of hydrogen-bond acceptors (Lipinski definition) is 3. The lowest BCUT2D eigenvalue weighted by Gasteiger charge is -2.26. The summed E-state index contributed by atoms with van der Waals surface area (Å²) in [5.74, 6) is 0. The number of pyridine rings is 1. The van der Waals surface area contributed by atoms with Crippen LogP contribution in [-0.4, -0.2) is 29.0 Å². The van der Waals surface area contributed by atoms with Crippen molar-refractivity contribution >= 4 is 0 Å². The van der Waals surface area contributed by atoms with Crippen molar-refractivity contribution in [3.8, 4) is 0 Å². The number of aromatic nitrogens is 1. The summed E-state index contributed by atoms with van der Waals surface area (Å²) in [6.07, 6.45) is 3.09. The Morgan fingerprint density at radius 1 is 1.33 bits per heavy atom. The molecule has 0 atom stereocenters. The van der Waals surface area contributed by atoms with E-state index in [1.54, 1.807) is 0 Å². The molecule has 0 bridgehead atoms. The van der Waals surface area contributed by atoms with Gasteiger partial charge in [-0.2, -0.15) is 0 Å². The lowest BCUT2D eigenvalue weighted by atomic mass is 10.1. The summed E-state index contributed by atoms with van der Waals surface area (Å²) < 4.78 is 0. The van der Waals surface area contributed by atoms with E-state index < -0.39 is 0 Å². The molecule has 3 heteroatoms. The highest BCUT2D eigenvalue weighted by Gasteiger charge is 2.12. The van der Waals surface area contributed by atoms with E-state index in [0.717, 1.165) is 26.2 Å².